The largest absolute Gasteiger partial charge is 0.0683 e. The topological polar surface area (TPSA) is 0 Å². The van der Waals surface area contributed by atoms with Crippen LogP contribution in [0.25, 0.3) is 0 Å². The number of hydrogen-bond acceptors (Lipinski definition) is 0. The Hall–Kier alpha value is 0. The van der Waals surface area contributed by atoms with Gasteiger partial charge >= 0.3 is 0 Å². The van der Waals surface area contributed by atoms with Gasteiger partial charge in [-0.1, -0.05) is 142 Å². The summed E-state index contributed by atoms with van der Waals surface area (Å²) in [5.41, 5.74) is 0. The lowest BCUT2D eigenvalue weighted by Gasteiger charge is -2.23. The molecule has 0 aliphatic rings. The molecule has 2 unspecified atom stereocenters. The minimum Gasteiger partial charge on any atom is -0.0683 e. The van der Waals surface area contributed by atoms with Crippen LogP contribution in [0.1, 0.15) is 142 Å². The highest BCUT2D eigenvalue weighted by atomic mass is 14.2. The summed E-state index contributed by atoms with van der Waals surface area (Å²) in [7, 11) is 0. The molecule has 0 heterocycles. The molecule has 0 aromatic heterocycles. The molecule has 0 aliphatic heterocycles. The van der Waals surface area contributed by atoms with Crippen LogP contribution in [0.2, 0.25) is 0 Å². The molecular weight excluding hydrogens is 300 g/mol. The van der Waals surface area contributed by atoms with E-state index in [1.54, 1.807) is 0 Å². The van der Waals surface area contributed by atoms with Crippen LogP contribution in [0.4, 0.5) is 0 Å². The Morgan fingerprint density at radius 3 is 1.12 bits per heavy atom. The Labute approximate surface area is 166 Å². The molecule has 160 valence electrons. The van der Waals surface area contributed by atoms with Gasteiger partial charge in [0.15, 0.2) is 0 Å². The molecule has 0 heteroatoms. The lowest BCUT2D eigenvalue weighted by atomic mass is 9.83. The summed E-state index contributed by atoms with van der Waals surface area (Å²) in [6.45, 7) is 30.5. The molecule has 0 aromatic rings. The maximum absolute atomic E-state index is 2.45. The Morgan fingerprint density at radius 2 is 0.840 bits per heavy atom. The van der Waals surface area contributed by atoms with Gasteiger partial charge in [-0.2, -0.15) is 0 Å². The number of rotatable bonds is 9. The van der Waals surface area contributed by atoms with Crippen molar-refractivity contribution >= 4 is 0 Å². The van der Waals surface area contributed by atoms with E-state index in [4.69, 9.17) is 0 Å². The Balaban J connectivity index is -0.000000126. The fourth-order valence-corrected chi connectivity index (χ4v) is 2.64. The second-order valence-corrected chi connectivity index (χ2v) is 6.91. The van der Waals surface area contributed by atoms with Gasteiger partial charge in [0.05, 0.1) is 0 Å². The zero-order valence-electron chi connectivity index (χ0n) is 21.3. The first kappa shape index (κ1) is 36.0. The third kappa shape index (κ3) is 35.9. The van der Waals surface area contributed by atoms with Gasteiger partial charge in [-0.15, -0.1) is 0 Å². The van der Waals surface area contributed by atoms with Crippen molar-refractivity contribution in [1.29, 1.82) is 0 Å². The molecular formula is C25H60. The normalized spacial score (nSPS) is 11.5. The van der Waals surface area contributed by atoms with Crippen LogP contribution in [0.3, 0.4) is 0 Å². The van der Waals surface area contributed by atoms with Gasteiger partial charge < -0.3 is 0 Å². The first-order valence-electron chi connectivity index (χ1n) is 11.9. The van der Waals surface area contributed by atoms with Gasteiger partial charge in [0.1, 0.15) is 0 Å². The maximum Gasteiger partial charge on any atom is -0.0394 e. The summed E-state index contributed by atoms with van der Waals surface area (Å²) in [6.07, 6.45) is 9.67. The van der Waals surface area contributed by atoms with E-state index >= 15 is 0 Å². The average molecular weight is 361 g/mol. The molecule has 0 aromatic carbocycles. The van der Waals surface area contributed by atoms with Crippen LogP contribution in [0.15, 0.2) is 0 Å². The summed E-state index contributed by atoms with van der Waals surface area (Å²) < 4.78 is 0. The molecule has 0 fully saturated rings. The second kappa shape index (κ2) is 35.2. The first-order valence-corrected chi connectivity index (χ1v) is 11.9. The van der Waals surface area contributed by atoms with Gasteiger partial charge in [0.2, 0.25) is 0 Å². The highest BCUT2D eigenvalue weighted by Crippen LogP contribution is 2.26. The van der Waals surface area contributed by atoms with E-state index in [2.05, 4.69) is 55.4 Å². The minimum atomic E-state index is 0.874. The van der Waals surface area contributed by atoms with E-state index in [9.17, 15) is 0 Å². The summed E-state index contributed by atoms with van der Waals surface area (Å²) in [5, 5.41) is 0. The first-order chi connectivity index (χ1) is 11.9. The van der Waals surface area contributed by atoms with Crippen molar-refractivity contribution in [2.45, 2.75) is 142 Å². The van der Waals surface area contributed by atoms with E-state index in [0.29, 0.717) is 0 Å². The molecule has 0 spiro atoms. The lowest BCUT2D eigenvalue weighted by molar-refractivity contribution is 0.288. The van der Waals surface area contributed by atoms with Crippen LogP contribution in [0.5, 0.6) is 0 Å². The van der Waals surface area contributed by atoms with E-state index in [-0.39, 0.29) is 0 Å². The molecule has 0 bridgehead atoms. The quantitative estimate of drug-likeness (QED) is 0.383. The van der Waals surface area contributed by atoms with Gasteiger partial charge in [0, 0.05) is 0 Å². The van der Waals surface area contributed by atoms with E-state index in [1.165, 1.54) is 44.9 Å². The smallest absolute Gasteiger partial charge is 0.0394 e. The Bertz CT molecular complexity index is 155. The predicted molar refractivity (Wildman–Crippen MR) is 126 cm³/mol. The fraction of sp³-hybridized carbons (Fsp3) is 1.00. The van der Waals surface area contributed by atoms with Crippen molar-refractivity contribution in [3.8, 4) is 0 Å². The van der Waals surface area contributed by atoms with E-state index < -0.39 is 0 Å². The van der Waals surface area contributed by atoms with Gasteiger partial charge in [-0.25, -0.2) is 0 Å². The van der Waals surface area contributed by atoms with E-state index in [0.717, 1.165) is 23.7 Å². The molecule has 0 rings (SSSR count). The molecule has 0 saturated carbocycles. The molecule has 0 radical (unpaired) electrons. The van der Waals surface area contributed by atoms with Crippen molar-refractivity contribution in [2.24, 2.45) is 23.7 Å². The van der Waals surface area contributed by atoms with Gasteiger partial charge in [-0.05, 0) is 23.7 Å². The highest BCUT2D eigenvalue weighted by Gasteiger charge is 2.14. The van der Waals surface area contributed by atoms with Crippen LogP contribution >= 0.6 is 0 Å². The summed E-state index contributed by atoms with van der Waals surface area (Å²) >= 11 is 0. The maximum atomic E-state index is 2.45. The average Bonchev–Trinajstić information content (AvgIpc) is 2.65. The van der Waals surface area contributed by atoms with Crippen LogP contribution < -0.4 is 0 Å². The lowest BCUT2D eigenvalue weighted by Crippen LogP contribution is -2.11. The predicted octanol–water partition coefficient (Wildman–Crippen LogP) is 10.4. The molecule has 25 heavy (non-hydrogen) atoms. The third-order valence-electron chi connectivity index (χ3n) is 4.21. The van der Waals surface area contributed by atoms with Crippen molar-refractivity contribution < 1.29 is 0 Å². The molecule has 2 atom stereocenters. The zero-order valence-corrected chi connectivity index (χ0v) is 21.3. The highest BCUT2D eigenvalue weighted by molar-refractivity contribution is 4.66. The van der Waals surface area contributed by atoms with Gasteiger partial charge in [0.25, 0.3) is 0 Å². The fourth-order valence-electron chi connectivity index (χ4n) is 2.64. The summed E-state index contributed by atoms with van der Waals surface area (Å²) in [5.74, 6) is 3.69. The number of hydrogen-bond donors (Lipinski definition) is 0. The molecule has 0 saturated heterocycles. The minimum absolute atomic E-state index is 0.874. The third-order valence-corrected chi connectivity index (χ3v) is 4.21. The summed E-state index contributed by atoms with van der Waals surface area (Å²) in [4.78, 5) is 0. The van der Waals surface area contributed by atoms with Crippen molar-refractivity contribution in [3.05, 3.63) is 0 Å². The van der Waals surface area contributed by atoms with Crippen LogP contribution in [0, 0.1) is 23.7 Å². The van der Waals surface area contributed by atoms with Crippen molar-refractivity contribution in [2.75, 3.05) is 0 Å². The zero-order chi connectivity index (χ0) is 21.3. The Morgan fingerprint density at radius 1 is 0.520 bits per heavy atom. The SMILES string of the molecule is CC.CC.CC.CCC.CCC(CC)C(C)CCC(C)CCC(C)C. The molecule has 0 nitrogen and oxygen atoms in total. The van der Waals surface area contributed by atoms with Crippen molar-refractivity contribution in [3.63, 3.8) is 0 Å². The molecule has 0 aliphatic carbocycles. The second-order valence-electron chi connectivity index (χ2n) is 6.91. The standard InChI is InChI=1S/C16H34.C3H8.3C2H6/c1-7-16(8-2)15(6)12-11-14(5)10-9-13(3)4;1-3-2;3*1-2/h13-16H,7-12H2,1-6H3;3H2,1-2H3;3*1-2H3. The monoisotopic (exact) mass is 360 g/mol. The van der Waals surface area contributed by atoms with E-state index in [1.807, 2.05) is 41.5 Å². The van der Waals surface area contributed by atoms with Crippen LogP contribution in [-0.4, -0.2) is 0 Å². The summed E-state index contributed by atoms with van der Waals surface area (Å²) in [6, 6.07) is 0. The Kier molecular flexibility index (Phi) is 50.6. The van der Waals surface area contributed by atoms with Crippen LogP contribution in [-0.2, 0) is 0 Å². The van der Waals surface area contributed by atoms with Crippen molar-refractivity contribution in [1.82, 2.24) is 0 Å². The molecule has 0 N–H and O–H groups in total. The molecule has 0 amide bonds. The van der Waals surface area contributed by atoms with Gasteiger partial charge in [-0.3, -0.25) is 0 Å².